The second-order valence-electron chi connectivity index (χ2n) is 8.25. The fraction of sp³-hybridized carbons (Fsp3) is 0.385. The molecule has 0 saturated heterocycles. The van der Waals surface area contributed by atoms with Crippen LogP contribution in [0.1, 0.15) is 43.9 Å². The van der Waals surface area contributed by atoms with Gasteiger partial charge in [0.25, 0.3) is 11.8 Å². The van der Waals surface area contributed by atoms with Crippen LogP contribution in [0.15, 0.2) is 48.2 Å². The SMILES string of the molecule is CCCOc1ccc(C2=C(Nc3cc(C)ccc3C)C(=O)N(CCOC(C)C)C2=O)cc1. The first-order chi connectivity index (χ1) is 15.3. The highest BCUT2D eigenvalue weighted by Gasteiger charge is 2.39. The molecule has 3 rings (SSSR count). The predicted molar refractivity (Wildman–Crippen MR) is 126 cm³/mol. The second kappa shape index (κ2) is 10.5. The van der Waals surface area contributed by atoms with E-state index in [0.717, 1.165) is 29.0 Å². The summed E-state index contributed by atoms with van der Waals surface area (Å²) in [4.78, 5) is 27.9. The quantitative estimate of drug-likeness (QED) is 0.547. The van der Waals surface area contributed by atoms with Gasteiger partial charge >= 0.3 is 0 Å². The van der Waals surface area contributed by atoms with E-state index in [1.54, 1.807) is 0 Å². The number of ether oxygens (including phenoxy) is 2. The first kappa shape index (κ1) is 23.5. The number of nitrogens with zero attached hydrogens (tertiary/aromatic N) is 1. The van der Waals surface area contributed by atoms with E-state index in [1.165, 1.54) is 4.90 Å². The smallest absolute Gasteiger partial charge is 0.278 e. The zero-order valence-corrected chi connectivity index (χ0v) is 19.5. The summed E-state index contributed by atoms with van der Waals surface area (Å²) < 4.78 is 11.2. The molecule has 0 atom stereocenters. The molecule has 0 fully saturated rings. The lowest BCUT2D eigenvalue weighted by molar-refractivity contribution is -0.137. The van der Waals surface area contributed by atoms with Crippen molar-refractivity contribution in [2.75, 3.05) is 25.1 Å². The van der Waals surface area contributed by atoms with Crippen molar-refractivity contribution in [2.24, 2.45) is 0 Å². The molecule has 1 heterocycles. The van der Waals surface area contributed by atoms with Crippen LogP contribution in [0.2, 0.25) is 0 Å². The van der Waals surface area contributed by atoms with E-state index >= 15 is 0 Å². The number of hydrogen-bond donors (Lipinski definition) is 1. The van der Waals surface area contributed by atoms with Gasteiger partial charge in [0.1, 0.15) is 11.4 Å². The number of anilines is 1. The Balaban J connectivity index is 1.96. The Bertz CT molecular complexity index is 1010. The van der Waals surface area contributed by atoms with Crippen molar-refractivity contribution in [3.63, 3.8) is 0 Å². The minimum Gasteiger partial charge on any atom is -0.494 e. The number of benzene rings is 2. The molecule has 0 saturated carbocycles. The van der Waals surface area contributed by atoms with Crippen LogP contribution in [-0.2, 0) is 14.3 Å². The molecule has 1 aliphatic heterocycles. The zero-order valence-electron chi connectivity index (χ0n) is 19.5. The van der Waals surface area contributed by atoms with Crippen molar-refractivity contribution < 1.29 is 19.1 Å². The summed E-state index contributed by atoms with van der Waals surface area (Å²) in [5, 5.41) is 3.25. The van der Waals surface area contributed by atoms with Gasteiger partial charge in [-0.25, -0.2) is 0 Å². The van der Waals surface area contributed by atoms with Gasteiger partial charge in [0.2, 0.25) is 0 Å². The number of aryl methyl sites for hydroxylation is 2. The van der Waals surface area contributed by atoms with Crippen LogP contribution in [0.5, 0.6) is 5.75 Å². The standard InChI is InChI=1S/C26H32N2O4/c1-6-14-32-21-11-9-20(10-12-21)23-24(27-22-16-18(4)7-8-19(22)5)26(30)28(25(23)29)13-15-31-17(2)3/h7-12,16-17,27H,6,13-15H2,1-5H3. The summed E-state index contributed by atoms with van der Waals surface area (Å²) >= 11 is 0. The van der Waals surface area contributed by atoms with Gasteiger partial charge in [-0.05, 0) is 69.0 Å². The van der Waals surface area contributed by atoms with Crippen LogP contribution < -0.4 is 10.1 Å². The molecule has 0 radical (unpaired) electrons. The van der Waals surface area contributed by atoms with E-state index in [-0.39, 0.29) is 30.2 Å². The molecular formula is C26H32N2O4. The van der Waals surface area contributed by atoms with Gasteiger partial charge in [0, 0.05) is 5.69 Å². The minimum atomic E-state index is -0.343. The summed E-state index contributed by atoms with van der Waals surface area (Å²) in [6, 6.07) is 13.3. The van der Waals surface area contributed by atoms with E-state index in [1.807, 2.05) is 77.1 Å². The van der Waals surface area contributed by atoms with Crippen molar-refractivity contribution in [2.45, 2.75) is 47.1 Å². The first-order valence-corrected chi connectivity index (χ1v) is 11.1. The summed E-state index contributed by atoms with van der Waals surface area (Å²) in [6.45, 7) is 11.0. The van der Waals surface area contributed by atoms with Gasteiger partial charge in [-0.15, -0.1) is 0 Å². The third kappa shape index (κ3) is 5.37. The molecule has 0 unspecified atom stereocenters. The number of rotatable bonds is 10. The van der Waals surface area contributed by atoms with E-state index in [2.05, 4.69) is 5.32 Å². The van der Waals surface area contributed by atoms with Gasteiger partial charge in [0.05, 0.1) is 31.4 Å². The Morgan fingerprint density at radius 2 is 1.69 bits per heavy atom. The predicted octanol–water partition coefficient (Wildman–Crippen LogP) is 4.71. The van der Waals surface area contributed by atoms with Crippen LogP contribution in [0.4, 0.5) is 5.69 Å². The Morgan fingerprint density at radius 3 is 2.34 bits per heavy atom. The Labute approximate surface area is 190 Å². The number of imide groups is 1. The zero-order chi connectivity index (χ0) is 23.3. The maximum absolute atomic E-state index is 13.3. The maximum atomic E-state index is 13.3. The average molecular weight is 437 g/mol. The fourth-order valence-electron chi connectivity index (χ4n) is 3.49. The highest BCUT2D eigenvalue weighted by atomic mass is 16.5. The van der Waals surface area contributed by atoms with Crippen LogP contribution in [-0.4, -0.2) is 42.6 Å². The number of hydrogen-bond acceptors (Lipinski definition) is 5. The third-order valence-electron chi connectivity index (χ3n) is 5.20. The number of carbonyl (C=O) groups is 2. The molecule has 2 aromatic carbocycles. The number of nitrogens with one attached hydrogen (secondary N) is 1. The fourth-order valence-corrected chi connectivity index (χ4v) is 3.49. The number of amides is 2. The topological polar surface area (TPSA) is 67.9 Å². The first-order valence-electron chi connectivity index (χ1n) is 11.1. The summed E-state index contributed by atoms with van der Waals surface area (Å²) in [7, 11) is 0. The monoisotopic (exact) mass is 436 g/mol. The normalized spacial score (nSPS) is 14.0. The van der Waals surface area contributed by atoms with Crippen LogP contribution >= 0.6 is 0 Å². The lowest BCUT2D eigenvalue weighted by atomic mass is 10.0. The van der Waals surface area contributed by atoms with Crippen molar-refractivity contribution >= 4 is 23.1 Å². The Morgan fingerprint density at radius 1 is 0.969 bits per heavy atom. The summed E-state index contributed by atoms with van der Waals surface area (Å²) in [5.74, 6) is 0.0705. The average Bonchev–Trinajstić information content (AvgIpc) is 2.99. The lowest BCUT2D eigenvalue weighted by Crippen LogP contribution is -2.35. The second-order valence-corrected chi connectivity index (χ2v) is 8.25. The number of carbonyl (C=O) groups excluding carboxylic acids is 2. The molecule has 0 aliphatic carbocycles. The lowest BCUT2D eigenvalue weighted by Gasteiger charge is -2.17. The van der Waals surface area contributed by atoms with Gasteiger partial charge in [0.15, 0.2) is 0 Å². The van der Waals surface area contributed by atoms with E-state index in [4.69, 9.17) is 9.47 Å². The highest BCUT2D eigenvalue weighted by Crippen LogP contribution is 2.32. The molecule has 32 heavy (non-hydrogen) atoms. The largest absolute Gasteiger partial charge is 0.494 e. The Kier molecular flexibility index (Phi) is 7.70. The van der Waals surface area contributed by atoms with Gasteiger partial charge < -0.3 is 14.8 Å². The molecule has 1 aliphatic rings. The summed E-state index contributed by atoms with van der Waals surface area (Å²) in [6.07, 6.45) is 0.940. The van der Waals surface area contributed by atoms with Crippen molar-refractivity contribution in [1.29, 1.82) is 0 Å². The van der Waals surface area contributed by atoms with Gasteiger partial charge in [-0.2, -0.15) is 0 Å². The van der Waals surface area contributed by atoms with E-state index < -0.39 is 0 Å². The third-order valence-corrected chi connectivity index (χ3v) is 5.20. The summed E-state index contributed by atoms with van der Waals surface area (Å²) in [5.41, 5.74) is 4.19. The molecule has 0 spiro atoms. The molecule has 0 bridgehead atoms. The van der Waals surface area contributed by atoms with E-state index in [0.29, 0.717) is 24.4 Å². The van der Waals surface area contributed by atoms with Crippen LogP contribution in [0, 0.1) is 13.8 Å². The molecule has 2 aromatic rings. The van der Waals surface area contributed by atoms with Gasteiger partial charge in [-0.3, -0.25) is 14.5 Å². The molecule has 1 N–H and O–H groups in total. The highest BCUT2D eigenvalue weighted by molar-refractivity contribution is 6.36. The molecule has 170 valence electrons. The van der Waals surface area contributed by atoms with Crippen molar-refractivity contribution in [1.82, 2.24) is 4.90 Å². The molecule has 2 amide bonds. The molecule has 6 nitrogen and oxygen atoms in total. The molecule has 0 aromatic heterocycles. The van der Waals surface area contributed by atoms with Crippen LogP contribution in [0.25, 0.3) is 5.57 Å². The van der Waals surface area contributed by atoms with Crippen molar-refractivity contribution in [3.8, 4) is 5.75 Å². The van der Waals surface area contributed by atoms with E-state index in [9.17, 15) is 9.59 Å². The minimum absolute atomic E-state index is 0.0263. The maximum Gasteiger partial charge on any atom is 0.278 e. The molecular weight excluding hydrogens is 404 g/mol. The van der Waals surface area contributed by atoms with Gasteiger partial charge in [-0.1, -0.05) is 31.2 Å². The van der Waals surface area contributed by atoms with Crippen LogP contribution in [0.3, 0.4) is 0 Å². The Hall–Kier alpha value is -3.12. The molecule has 6 heteroatoms. The van der Waals surface area contributed by atoms with Crippen molar-refractivity contribution in [3.05, 3.63) is 64.9 Å².